The lowest BCUT2D eigenvalue weighted by molar-refractivity contribution is -0.490. The highest BCUT2D eigenvalue weighted by atomic mass is 31.3. The molecule has 2 saturated heterocycles. The lowest BCUT2D eigenvalue weighted by Gasteiger charge is -2.20. The van der Waals surface area contributed by atoms with E-state index >= 15 is 0 Å². The molecule has 4 aliphatic heterocycles. The maximum Gasteiger partial charge on any atom is 0.481 e. The van der Waals surface area contributed by atoms with Crippen molar-refractivity contribution in [1.82, 2.24) is 9.56 Å². The number of aromatic nitrogens is 2. The van der Waals surface area contributed by atoms with Crippen LogP contribution in [-0.2, 0) is 32.0 Å². The molecule has 0 amide bonds. The highest BCUT2D eigenvalue weighted by Crippen LogP contribution is 2.60. The Labute approximate surface area is 211 Å². The van der Waals surface area contributed by atoms with Gasteiger partial charge in [0, 0.05) is 0 Å². The molecular formula is C17H23N5O14P2+2. The van der Waals surface area contributed by atoms with Gasteiger partial charge in [-0.15, -0.1) is 4.99 Å². The minimum absolute atomic E-state index is 0.271. The number of hydrogen-bond acceptors (Lipinski definition) is 15. The van der Waals surface area contributed by atoms with Crippen molar-refractivity contribution in [2.75, 3.05) is 13.2 Å². The molecular weight excluding hydrogens is 560 g/mol. The van der Waals surface area contributed by atoms with Crippen LogP contribution in [0.25, 0.3) is 0 Å². The van der Waals surface area contributed by atoms with Gasteiger partial charge < -0.3 is 44.8 Å². The lowest BCUT2D eigenvalue weighted by Crippen LogP contribution is -2.45. The summed E-state index contributed by atoms with van der Waals surface area (Å²) in [4.78, 5) is 32.2. The van der Waals surface area contributed by atoms with Gasteiger partial charge in [-0.05, 0) is 0 Å². The van der Waals surface area contributed by atoms with Crippen molar-refractivity contribution in [1.29, 1.82) is 0 Å². The van der Waals surface area contributed by atoms with Gasteiger partial charge in [-0.2, -0.15) is 13.1 Å². The molecule has 2 fully saturated rings. The molecule has 19 nitrogen and oxygen atoms in total. The number of aliphatic imine (C=N–C) groups is 2. The first-order valence-corrected chi connectivity index (χ1v) is 13.9. The Kier molecular flexibility index (Phi) is 7.44. The zero-order valence-electron chi connectivity index (χ0n) is 19.0. The number of ether oxygens (including phenoxy) is 2. The van der Waals surface area contributed by atoms with Crippen LogP contribution in [0, 0.1) is 6.21 Å². The third-order valence-electron chi connectivity index (χ3n) is 5.91. The third kappa shape index (κ3) is 5.27. The number of hydrogen-bond donors (Lipinski definition) is 7. The Balaban J connectivity index is 1.20. The molecule has 4 aliphatic rings. The Morgan fingerprint density at radius 1 is 0.895 bits per heavy atom. The van der Waals surface area contributed by atoms with Gasteiger partial charge in [0.1, 0.15) is 49.1 Å². The third-order valence-corrected chi connectivity index (χ3v) is 8.51. The van der Waals surface area contributed by atoms with Crippen LogP contribution in [0.1, 0.15) is 0 Å². The first-order chi connectivity index (χ1) is 17.9. The van der Waals surface area contributed by atoms with E-state index in [0.29, 0.717) is 11.5 Å². The standard InChI is InChI=1S/C17H21N5O14P2/c23-10-7(3-32-37(28,29)36-38(30,31)33-4-8-11(24)13(26)17(27)35-8)34-16(12(10)25)22-6-19-9-14-18-1-2-21(14)5-20-15(9)22/h1-2,5-8,10-13,16-17,23-27H,3-4H2/p+2/t7-,8-,10-,11-,12-,13-,16-,17-/m1/s1. The van der Waals surface area contributed by atoms with Crippen LogP contribution < -0.4 is 14.3 Å². The Morgan fingerprint density at radius 3 is 2.16 bits per heavy atom. The van der Waals surface area contributed by atoms with E-state index in [1.54, 1.807) is 16.7 Å². The molecule has 7 N–H and O–H groups in total. The largest absolute Gasteiger partial charge is 0.481 e. The normalized spacial score (nSPS) is 36.7. The first-order valence-electron chi connectivity index (χ1n) is 10.9. The number of fused-ring (bicyclic) bond motifs is 3. The summed E-state index contributed by atoms with van der Waals surface area (Å²) >= 11 is 0. The summed E-state index contributed by atoms with van der Waals surface area (Å²) in [7, 11) is -10.6. The second kappa shape index (κ2) is 10.2. The van der Waals surface area contributed by atoms with Crippen LogP contribution in [0.4, 0.5) is 11.5 Å². The number of rotatable bonds is 9. The predicted octanol–water partition coefficient (Wildman–Crippen LogP) is -4.60. The van der Waals surface area contributed by atoms with Crippen molar-refractivity contribution in [3.05, 3.63) is 18.0 Å². The molecule has 2 unspecified atom stereocenters. The summed E-state index contributed by atoms with van der Waals surface area (Å²) < 4.78 is 50.9. The van der Waals surface area contributed by atoms with Gasteiger partial charge in [0.15, 0.2) is 6.29 Å². The predicted molar refractivity (Wildman–Crippen MR) is 118 cm³/mol. The number of aliphatic hydroxyl groups excluding tert-OH is 5. The molecule has 0 aliphatic carbocycles. The van der Waals surface area contributed by atoms with Crippen LogP contribution in [0.3, 0.4) is 0 Å². The molecule has 38 heavy (non-hydrogen) atoms. The Bertz CT molecular complexity index is 1390. The first kappa shape index (κ1) is 27.6. The SMILES string of the molecule is O=P(O)(OC[C@H]1O[C@@H](O)[C@H](O)[C@@H]1O)OP(=O)(O)OC[C@H]1O[C@@H]([N+]2=c3nc[n+]4c(c3N=C2)N=CC=4)[C@H](O)[C@@H]1O. The molecule has 10 atom stereocenters. The molecule has 0 bridgehead atoms. The van der Waals surface area contributed by atoms with Crippen molar-refractivity contribution in [2.24, 2.45) is 9.98 Å². The van der Waals surface area contributed by atoms with Gasteiger partial charge in [-0.1, -0.05) is 9.98 Å². The quantitative estimate of drug-likeness (QED) is 0.106. The van der Waals surface area contributed by atoms with Crippen molar-refractivity contribution >= 4 is 39.7 Å². The molecule has 208 valence electrons. The number of phosphoric ester groups is 2. The molecule has 21 heteroatoms. The monoisotopic (exact) mass is 583 g/mol. The van der Waals surface area contributed by atoms with E-state index in [2.05, 4.69) is 28.3 Å². The van der Waals surface area contributed by atoms with Crippen molar-refractivity contribution in [3.63, 3.8) is 0 Å². The zero-order chi connectivity index (χ0) is 27.4. The molecule has 0 spiro atoms. The number of aliphatic hydroxyl groups is 5. The van der Waals surface area contributed by atoms with E-state index in [0.717, 1.165) is 0 Å². The van der Waals surface area contributed by atoms with Crippen LogP contribution in [0.2, 0.25) is 0 Å². The molecule has 0 aromatic carbocycles. The second-order valence-electron chi connectivity index (χ2n) is 8.43. The van der Waals surface area contributed by atoms with E-state index in [-0.39, 0.29) is 5.49 Å². The molecule has 1 aromatic heterocycles. The van der Waals surface area contributed by atoms with E-state index in [9.17, 15) is 44.4 Å². The molecule has 0 saturated carbocycles. The second-order valence-corrected chi connectivity index (χ2v) is 11.5. The number of phosphoric acid groups is 2. The van der Waals surface area contributed by atoms with Gasteiger partial charge in [0.2, 0.25) is 18.9 Å². The van der Waals surface area contributed by atoms with E-state index in [1.165, 1.54) is 17.2 Å². The van der Waals surface area contributed by atoms with Crippen molar-refractivity contribution in [3.8, 4) is 0 Å². The fourth-order valence-electron chi connectivity index (χ4n) is 4.01. The average molecular weight is 583 g/mol. The lowest BCUT2D eigenvalue weighted by atomic mass is 10.1. The highest BCUT2D eigenvalue weighted by Gasteiger charge is 2.49. The van der Waals surface area contributed by atoms with E-state index in [1.807, 2.05) is 0 Å². The summed E-state index contributed by atoms with van der Waals surface area (Å²) in [5.74, 6) is 0.483. The van der Waals surface area contributed by atoms with Gasteiger partial charge in [0.25, 0.3) is 5.69 Å². The average Bonchev–Trinajstić information content (AvgIpc) is 3.60. The Hall–Kier alpha value is -1.93. The van der Waals surface area contributed by atoms with Crippen LogP contribution in [-0.4, -0.2) is 115 Å². The van der Waals surface area contributed by atoms with Crippen LogP contribution >= 0.6 is 15.6 Å². The van der Waals surface area contributed by atoms with Crippen LogP contribution in [0.15, 0.2) is 16.3 Å². The summed E-state index contributed by atoms with van der Waals surface area (Å²) in [5, 5.41) is 49.3. The summed E-state index contributed by atoms with van der Waals surface area (Å²) in [6, 6.07) is 0. The van der Waals surface area contributed by atoms with Crippen molar-refractivity contribution < 1.29 is 71.5 Å². The Morgan fingerprint density at radius 2 is 1.53 bits per heavy atom. The van der Waals surface area contributed by atoms with E-state index in [4.69, 9.17) is 9.47 Å². The molecule has 5 heterocycles. The number of nitrogens with zero attached hydrogens (tertiary/aromatic N) is 5. The minimum atomic E-state index is -5.31. The highest BCUT2D eigenvalue weighted by molar-refractivity contribution is 7.61. The topological polar surface area (TPSA) is 268 Å². The maximum atomic E-state index is 12.2. The van der Waals surface area contributed by atoms with Crippen molar-refractivity contribution in [2.45, 2.75) is 49.1 Å². The van der Waals surface area contributed by atoms with Crippen LogP contribution in [0.5, 0.6) is 0 Å². The summed E-state index contributed by atoms with van der Waals surface area (Å²) in [5.41, 5.74) is 0.654. The van der Waals surface area contributed by atoms with Gasteiger partial charge in [-0.25, -0.2) is 9.13 Å². The van der Waals surface area contributed by atoms with Gasteiger partial charge in [0.05, 0.1) is 13.2 Å². The fraction of sp³-hybridized carbons (Fsp3) is 0.588. The molecule has 1 aromatic rings. The zero-order valence-corrected chi connectivity index (χ0v) is 20.7. The molecule has 5 rings (SSSR count). The van der Waals surface area contributed by atoms with E-state index < -0.39 is 78.0 Å². The fourth-order valence-corrected chi connectivity index (χ4v) is 6.10. The minimum Gasteiger partial charge on any atom is -0.387 e. The summed E-state index contributed by atoms with van der Waals surface area (Å²) in [6.07, 6.45) is -6.42. The maximum absolute atomic E-state index is 12.2. The smallest absolute Gasteiger partial charge is 0.387 e. The molecule has 0 radical (unpaired) electrons. The van der Waals surface area contributed by atoms with Gasteiger partial charge in [-0.3, -0.25) is 9.05 Å². The van der Waals surface area contributed by atoms with Gasteiger partial charge >= 0.3 is 27.0 Å². The summed E-state index contributed by atoms with van der Waals surface area (Å²) in [6.45, 7) is -1.77.